The fourth-order valence-electron chi connectivity index (χ4n) is 4.88. The van der Waals surface area contributed by atoms with Crippen LogP contribution in [0.2, 0.25) is 10.0 Å². The number of benzene rings is 3. The van der Waals surface area contributed by atoms with E-state index in [1.165, 1.54) is 42.3 Å². The number of amides is 1. The highest BCUT2D eigenvalue weighted by molar-refractivity contribution is 6.47. The zero-order valence-corrected chi connectivity index (χ0v) is 22.5. The molecule has 4 aromatic rings. The average Bonchev–Trinajstić information content (AvgIpc) is 3.44. The maximum Gasteiger partial charge on any atom is 0.295 e. The van der Waals surface area contributed by atoms with Gasteiger partial charge in [0.1, 0.15) is 11.5 Å². The number of likely N-dealkylation sites (tertiary alicyclic amines) is 1. The van der Waals surface area contributed by atoms with Crippen LogP contribution in [-0.4, -0.2) is 52.6 Å². The number of aliphatic hydroxyl groups is 1. The summed E-state index contributed by atoms with van der Waals surface area (Å²) in [4.78, 5) is 31.4. The molecule has 1 aliphatic heterocycles. The van der Waals surface area contributed by atoms with E-state index in [1.807, 2.05) is 24.4 Å². The van der Waals surface area contributed by atoms with Crippen LogP contribution in [-0.2, 0) is 16.0 Å². The van der Waals surface area contributed by atoms with E-state index in [-0.39, 0.29) is 34.2 Å². The lowest BCUT2D eigenvalue weighted by molar-refractivity contribution is -0.139. The molecule has 0 saturated carbocycles. The number of hydrogen-bond donors (Lipinski definition) is 3. The normalized spacial score (nSPS) is 16.7. The number of ether oxygens (including phenoxy) is 2. The largest absolute Gasteiger partial charge is 0.507 e. The van der Waals surface area contributed by atoms with E-state index < -0.39 is 23.5 Å². The molecule has 8 nitrogen and oxygen atoms in total. The number of Topliss-reactive ketones (excluding diaryl/α,β-unsaturated/α-hetero) is 1. The molecule has 39 heavy (non-hydrogen) atoms. The van der Waals surface area contributed by atoms with Crippen LogP contribution >= 0.6 is 23.2 Å². The van der Waals surface area contributed by atoms with Crippen LogP contribution in [0.3, 0.4) is 0 Å². The molecular weight excluding hydrogens is 543 g/mol. The van der Waals surface area contributed by atoms with Crippen molar-refractivity contribution in [1.29, 1.82) is 0 Å². The maximum atomic E-state index is 13.4. The van der Waals surface area contributed by atoms with Crippen LogP contribution in [0.4, 0.5) is 0 Å². The summed E-state index contributed by atoms with van der Waals surface area (Å²) in [6.07, 6.45) is 2.26. The Bertz CT molecular complexity index is 1640. The molecule has 1 aliphatic rings. The Hall–Kier alpha value is -4.14. The molecule has 1 amide bonds. The number of phenols is 1. The predicted octanol–water partition coefficient (Wildman–Crippen LogP) is 5.86. The van der Waals surface area contributed by atoms with E-state index in [0.717, 1.165) is 16.5 Å². The zero-order chi connectivity index (χ0) is 27.8. The SMILES string of the molecule is COc1ccc2[nH]cc(CCN3C(=O)C(=O)C(=C(O)c4ccc(Cl)cc4Cl)[C@H]3c3ccc(O)c(OC)c3)c2c1. The molecular formula is C29H24Cl2N2O6. The second-order valence-electron chi connectivity index (χ2n) is 9.02. The number of nitrogens with one attached hydrogen (secondary N) is 1. The molecule has 1 aromatic heterocycles. The van der Waals surface area contributed by atoms with Gasteiger partial charge >= 0.3 is 0 Å². The monoisotopic (exact) mass is 566 g/mol. The summed E-state index contributed by atoms with van der Waals surface area (Å²) >= 11 is 12.4. The predicted molar refractivity (Wildman–Crippen MR) is 149 cm³/mol. The molecule has 1 atom stereocenters. The minimum absolute atomic E-state index is 0.105. The van der Waals surface area contributed by atoms with Gasteiger partial charge in [0.15, 0.2) is 11.5 Å². The Kier molecular flexibility index (Phi) is 7.16. The third-order valence-corrected chi connectivity index (χ3v) is 7.39. The van der Waals surface area contributed by atoms with Crippen LogP contribution in [0.15, 0.2) is 66.4 Å². The number of H-pyrrole nitrogens is 1. The standard InChI is InChI=1S/C29H24Cl2N2O6/c1-38-18-5-7-22-20(13-18)16(14-32-22)9-10-33-26(15-3-8-23(34)24(11-15)39-2)25(28(36)29(33)37)27(35)19-6-4-17(30)12-21(19)31/h3-8,11-14,26,32,34-35H,9-10H2,1-2H3/t26-/m1/s1. The van der Waals surface area contributed by atoms with Crippen LogP contribution in [0.5, 0.6) is 17.2 Å². The van der Waals surface area contributed by atoms with Crippen molar-refractivity contribution in [3.8, 4) is 17.2 Å². The molecule has 0 aliphatic carbocycles. The van der Waals surface area contributed by atoms with Gasteiger partial charge in [-0.2, -0.15) is 0 Å². The number of halogens is 2. The van der Waals surface area contributed by atoms with Crippen LogP contribution in [0, 0.1) is 0 Å². The summed E-state index contributed by atoms with van der Waals surface area (Å²) in [5.74, 6) is -1.29. The number of ketones is 1. The van der Waals surface area contributed by atoms with Crippen molar-refractivity contribution in [1.82, 2.24) is 9.88 Å². The summed E-state index contributed by atoms with van der Waals surface area (Å²) in [6.45, 7) is 0.160. The third-order valence-electron chi connectivity index (χ3n) is 6.84. The molecule has 0 bridgehead atoms. The van der Waals surface area contributed by atoms with Crippen molar-refractivity contribution in [3.05, 3.63) is 93.1 Å². The summed E-state index contributed by atoms with van der Waals surface area (Å²) in [7, 11) is 2.99. The van der Waals surface area contributed by atoms with Crippen molar-refractivity contribution in [2.24, 2.45) is 0 Å². The molecule has 1 saturated heterocycles. The minimum atomic E-state index is -0.967. The summed E-state index contributed by atoms with van der Waals surface area (Å²) in [5, 5.41) is 22.9. The molecule has 3 N–H and O–H groups in total. The van der Waals surface area contributed by atoms with Crippen molar-refractivity contribution < 1.29 is 29.3 Å². The number of aromatic amines is 1. The second kappa shape index (κ2) is 10.6. The Morgan fingerprint density at radius 1 is 1.03 bits per heavy atom. The van der Waals surface area contributed by atoms with Gasteiger partial charge in [-0.25, -0.2) is 0 Å². The molecule has 0 unspecified atom stereocenters. The van der Waals surface area contributed by atoms with Crippen LogP contribution in [0.25, 0.3) is 16.7 Å². The molecule has 5 rings (SSSR count). The van der Waals surface area contributed by atoms with Crippen molar-refractivity contribution >= 4 is 51.6 Å². The number of carbonyl (C=O) groups excluding carboxylic acids is 2. The first-order valence-electron chi connectivity index (χ1n) is 12.0. The number of methoxy groups -OCH3 is 2. The Morgan fingerprint density at radius 3 is 2.54 bits per heavy atom. The lowest BCUT2D eigenvalue weighted by Crippen LogP contribution is -2.31. The number of carbonyl (C=O) groups is 2. The second-order valence-corrected chi connectivity index (χ2v) is 9.87. The number of hydrogen-bond acceptors (Lipinski definition) is 6. The molecule has 1 fully saturated rings. The Balaban J connectivity index is 1.60. The summed E-state index contributed by atoms with van der Waals surface area (Å²) < 4.78 is 10.6. The summed E-state index contributed by atoms with van der Waals surface area (Å²) in [6, 6.07) is 13.7. The number of nitrogens with zero attached hydrogens (tertiary/aromatic N) is 1. The van der Waals surface area contributed by atoms with Crippen molar-refractivity contribution in [3.63, 3.8) is 0 Å². The molecule has 200 valence electrons. The van der Waals surface area contributed by atoms with Gasteiger partial charge in [0.25, 0.3) is 11.7 Å². The van der Waals surface area contributed by atoms with E-state index in [9.17, 15) is 19.8 Å². The molecule has 10 heteroatoms. The Morgan fingerprint density at radius 2 is 1.82 bits per heavy atom. The van der Waals surface area contributed by atoms with E-state index in [2.05, 4.69) is 4.98 Å². The summed E-state index contributed by atoms with van der Waals surface area (Å²) in [5.41, 5.74) is 2.34. The van der Waals surface area contributed by atoms with Gasteiger partial charge in [-0.05, 0) is 66.1 Å². The minimum Gasteiger partial charge on any atom is -0.507 e. The van der Waals surface area contributed by atoms with Gasteiger partial charge in [-0.3, -0.25) is 9.59 Å². The molecule has 2 heterocycles. The van der Waals surface area contributed by atoms with Gasteiger partial charge in [0, 0.05) is 34.2 Å². The maximum absolute atomic E-state index is 13.4. The smallest absolute Gasteiger partial charge is 0.295 e. The molecule has 0 radical (unpaired) electrons. The quantitative estimate of drug-likeness (QED) is 0.147. The highest BCUT2D eigenvalue weighted by Crippen LogP contribution is 2.43. The van der Waals surface area contributed by atoms with Crippen molar-refractivity contribution in [2.45, 2.75) is 12.5 Å². The Labute approximate surface area is 234 Å². The van der Waals surface area contributed by atoms with Gasteiger partial charge in [0.05, 0.1) is 30.9 Å². The lowest BCUT2D eigenvalue weighted by Gasteiger charge is -2.26. The number of aromatic nitrogens is 1. The number of phenolic OH excluding ortho intramolecular Hbond substituents is 1. The molecule has 0 spiro atoms. The number of rotatable bonds is 7. The van der Waals surface area contributed by atoms with Gasteiger partial charge in [0.2, 0.25) is 0 Å². The number of fused-ring (bicyclic) bond motifs is 1. The van der Waals surface area contributed by atoms with Crippen LogP contribution in [0.1, 0.15) is 22.7 Å². The topological polar surface area (TPSA) is 112 Å². The van der Waals surface area contributed by atoms with Gasteiger partial charge < -0.3 is 29.6 Å². The van der Waals surface area contributed by atoms with Gasteiger partial charge in [-0.1, -0.05) is 29.3 Å². The highest BCUT2D eigenvalue weighted by Gasteiger charge is 2.46. The first kappa shape index (κ1) is 26.5. The first-order chi connectivity index (χ1) is 18.7. The third kappa shape index (κ3) is 4.77. The number of aliphatic hydroxyl groups excluding tert-OH is 1. The van der Waals surface area contributed by atoms with E-state index in [0.29, 0.717) is 22.8 Å². The average molecular weight is 567 g/mol. The van der Waals surface area contributed by atoms with Gasteiger partial charge in [-0.15, -0.1) is 0 Å². The lowest BCUT2D eigenvalue weighted by atomic mass is 9.94. The van der Waals surface area contributed by atoms with E-state index in [1.54, 1.807) is 13.2 Å². The number of aromatic hydroxyl groups is 1. The fourth-order valence-corrected chi connectivity index (χ4v) is 5.38. The van der Waals surface area contributed by atoms with Crippen molar-refractivity contribution in [2.75, 3.05) is 20.8 Å². The molecule has 3 aromatic carbocycles. The van der Waals surface area contributed by atoms with E-state index in [4.69, 9.17) is 32.7 Å². The fraction of sp³-hybridized carbons (Fsp3) is 0.172. The first-order valence-corrected chi connectivity index (χ1v) is 12.7. The van der Waals surface area contributed by atoms with E-state index >= 15 is 0 Å². The van der Waals surface area contributed by atoms with Crippen LogP contribution < -0.4 is 9.47 Å². The highest BCUT2D eigenvalue weighted by atomic mass is 35.5. The zero-order valence-electron chi connectivity index (χ0n) is 21.0.